The molecule has 0 saturated heterocycles. The van der Waals surface area contributed by atoms with Crippen molar-refractivity contribution in [2.24, 2.45) is 0 Å². The van der Waals surface area contributed by atoms with E-state index in [0.717, 1.165) is 23.0 Å². The summed E-state index contributed by atoms with van der Waals surface area (Å²) in [6, 6.07) is 10.4. The number of nitrogens with two attached hydrogens (primary N) is 1. The summed E-state index contributed by atoms with van der Waals surface area (Å²) in [7, 11) is 0. The first-order valence-electron chi connectivity index (χ1n) is 6.88. The maximum absolute atomic E-state index is 5.87. The number of hydrogen-bond acceptors (Lipinski definition) is 3. The number of hydrogen-bond donors (Lipinski definition) is 1. The zero-order chi connectivity index (χ0) is 13.4. The summed E-state index contributed by atoms with van der Waals surface area (Å²) in [6.07, 6.45) is 2.65. The lowest BCUT2D eigenvalue weighted by molar-refractivity contribution is 0.818. The molecule has 98 valence electrons. The first kappa shape index (κ1) is 12.2. The second-order valence-corrected chi connectivity index (χ2v) is 5.59. The molecule has 1 heterocycles. The molecule has 19 heavy (non-hydrogen) atoms. The van der Waals surface area contributed by atoms with Crippen LogP contribution in [0.25, 0.3) is 11.4 Å². The van der Waals surface area contributed by atoms with Crippen LogP contribution in [0, 0.1) is 0 Å². The van der Waals surface area contributed by atoms with Crippen molar-refractivity contribution in [3.63, 3.8) is 0 Å². The quantitative estimate of drug-likeness (QED) is 0.906. The molecule has 1 aliphatic carbocycles. The van der Waals surface area contributed by atoms with E-state index >= 15 is 0 Å². The molecule has 0 bridgehead atoms. The van der Waals surface area contributed by atoms with Gasteiger partial charge in [-0.2, -0.15) is 0 Å². The Labute approximate surface area is 113 Å². The average Bonchev–Trinajstić information content (AvgIpc) is 3.22. The Morgan fingerprint density at radius 2 is 1.79 bits per heavy atom. The van der Waals surface area contributed by atoms with Gasteiger partial charge in [0.15, 0.2) is 5.82 Å². The van der Waals surface area contributed by atoms with Gasteiger partial charge >= 0.3 is 0 Å². The van der Waals surface area contributed by atoms with Crippen LogP contribution >= 0.6 is 0 Å². The Bertz CT molecular complexity index is 583. The second-order valence-electron chi connectivity index (χ2n) is 5.59. The van der Waals surface area contributed by atoms with Crippen LogP contribution in [-0.4, -0.2) is 9.97 Å². The van der Waals surface area contributed by atoms with Crippen molar-refractivity contribution in [3.05, 3.63) is 41.6 Å². The van der Waals surface area contributed by atoms with Gasteiger partial charge in [-0.15, -0.1) is 0 Å². The highest BCUT2D eigenvalue weighted by molar-refractivity contribution is 5.58. The molecule has 1 saturated carbocycles. The molecule has 2 N–H and O–H groups in total. The molecule has 0 amide bonds. The van der Waals surface area contributed by atoms with Gasteiger partial charge in [-0.1, -0.05) is 38.1 Å². The molecule has 3 rings (SSSR count). The summed E-state index contributed by atoms with van der Waals surface area (Å²) in [6.45, 7) is 4.23. The average molecular weight is 253 g/mol. The van der Waals surface area contributed by atoms with E-state index in [1.807, 2.05) is 6.07 Å². The van der Waals surface area contributed by atoms with Crippen LogP contribution < -0.4 is 5.73 Å². The molecule has 1 aromatic heterocycles. The molecular weight excluding hydrogens is 234 g/mol. The SMILES string of the molecule is CC(C)c1cc(N)nc(-c2ccc(C3CC3)cc2)n1. The standard InChI is InChI=1S/C16H19N3/c1-10(2)14-9-15(17)19-16(18-14)13-7-5-12(6-8-13)11-3-4-11/h5-11H,3-4H2,1-2H3,(H2,17,18,19). The van der Waals surface area contributed by atoms with E-state index in [1.165, 1.54) is 18.4 Å². The molecule has 3 nitrogen and oxygen atoms in total. The van der Waals surface area contributed by atoms with Crippen molar-refractivity contribution in [2.75, 3.05) is 5.73 Å². The van der Waals surface area contributed by atoms with Crippen molar-refractivity contribution in [1.82, 2.24) is 9.97 Å². The summed E-state index contributed by atoms with van der Waals surface area (Å²) in [5.74, 6) is 2.41. The van der Waals surface area contributed by atoms with Gasteiger partial charge in [0.1, 0.15) is 5.82 Å². The third-order valence-electron chi connectivity index (χ3n) is 3.57. The van der Waals surface area contributed by atoms with Crippen LogP contribution in [0.4, 0.5) is 5.82 Å². The Morgan fingerprint density at radius 3 is 2.37 bits per heavy atom. The minimum absolute atomic E-state index is 0.356. The van der Waals surface area contributed by atoms with Gasteiger partial charge < -0.3 is 5.73 Å². The molecule has 0 atom stereocenters. The minimum Gasteiger partial charge on any atom is -0.384 e. The van der Waals surface area contributed by atoms with Crippen molar-refractivity contribution in [2.45, 2.75) is 38.5 Å². The number of nitrogens with zero attached hydrogens (tertiary/aromatic N) is 2. The predicted molar refractivity (Wildman–Crippen MR) is 77.9 cm³/mol. The highest BCUT2D eigenvalue weighted by atomic mass is 14.9. The van der Waals surface area contributed by atoms with Crippen molar-refractivity contribution in [3.8, 4) is 11.4 Å². The van der Waals surface area contributed by atoms with E-state index < -0.39 is 0 Å². The predicted octanol–water partition coefficient (Wildman–Crippen LogP) is 3.73. The van der Waals surface area contributed by atoms with E-state index in [-0.39, 0.29) is 0 Å². The van der Waals surface area contributed by atoms with Gasteiger partial charge in [0.25, 0.3) is 0 Å². The lowest BCUT2D eigenvalue weighted by atomic mass is 10.1. The molecule has 0 unspecified atom stereocenters. The first-order valence-corrected chi connectivity index (χ1v) is 6.88. The Hall–Kier alpha value is -1.90. The number of nitrogen functional groups attached to an aromatic ring is 1. The van der Waals surface area contributed by atoms with Gasteiger partial charge in [-0.05, 0) is 30.2 Å². The zero-order valence-electron chi connectivity index (χ0n) is 11.4. The third kappa shape index (κ3) is 2.60. The van der Waals surface area contributed by atoms with Crippen molar-refractivity contribution < 1.29 is 0 Å². The van der Waals surface area contributed by atoms with Crippen LogP contribution in [-0.2, 0) is 0 Å². The second kappa shape index (κ2) is 4.65. The molecule has 1 aliphatic rings. The van der Waals surface area contributed by atoms with Crippen molar-refractivity contribution in [1.29, 1.82) is 0 Å². The maximum Gasteiger partial charge on any atom is 0.161 e. The van der Waals surface area contributed by atoms with Crippen LogP contribution in [0.5, 0.6) is 0 Å². The van der Waals surface area contributed by atoms with E-state index in [2.05, 4.69) is 48.1 Å². The van der Waals surface area contributed by atoms with Crippen LogP contribution in [0.3, 0.4) is 0 Å². The summed E-state index contributed by atoms with van der Waals surface area (Å²) in [5, 5.41) is 0. The van der Waals surface area contributed by atoms with Gasteiger partial charge in [-0.25, -0.2) is 9.97 Å². The van der Waals surface area contributed by atoms with E-state index in [0.29, 0.717) is 11.7 Å². The Balaban J connectivity index is 1.96. The number of anilines is 1. The maximum atomic E-state index is 5.87. The van der Waals surface area contributed by atoms with E-state index in [4.69, 9.17) is 5.73 Å². The fraction of sp³-hybridized carbons (Fsp3) is 0.375. The Morgan fingerprint density at radius 1 is 1.11 bits per heavy atom. The van der Waals surface area contributed by atoms with Gasteiger partial charge in [0.05, 0.1) is 0 Å². The molecular formula is C16H19N3. The minimum atomic E-state index is 0.356. The van der Waals surface area contributed by atoms with Gasteiger partial charge in [0, 0.05) is 17.3 Å². The summed E-state index contributed by atoms with van der Waals surface area (Å²) >= 11 is 0. The number of benzene rings is 1. The fourth-order valence-corrected chi connectivity index (χ4v) is 2.23. The summed E-state index contributed by atoms with van der Waals surface area (Å²) < 4.78 is 0. The smallest absolute Gasteiger partial charge is 0.161 e. The normalized spacial score (nSPS) is 14.9. The topological polar surface area (TPSA) is 51.8 Å². The van der Waals surface area contributed by atoms with Gasteiger partial charge in [0.2, 0.25) is 0 Å². The van der Waals surface area contributed by atoms with E-state index in [1.54, 1.807) is 0 Å². The monoisotopic (exact) mass is 253 g/mol. The molecule has 1 fully saturated rings. The molecule has 0 spiro atoms. The highest BCUT2D eigenvalue weighted by Gasteiger charge is 2.23. The molecule has 0 aliphatic heterocycles. The lowest BCUT2D eigenvalue weighted by Crippen LogP contribution is -2.01. The van der Waals surface area contributed by atoms with Crippen LogP contribution in [0.2, 0.25) is 0 Å². The van der Waals surface area contributed by atoms with Crippen LogP contribution in [0.15, 0.2) is 30.3 Å². The molecule has 1 aromatic carbocycles. The summed E-state index contributed by atoms with van der Waals surface area (Å²) in [5.41, 5.74) is 9.33. The van der Waals surface area contributed by atoms with E-state index in [9.17, 15) is 0 Å². The molecule has 2 aromatic rings. The largest absolute Gasteiger partial charge is 0.384 e. The van der Waals surface area contributed by atoms with Crippen LogP contribution in [0.1, 0.15) is 49.8 Å². The molecule has 3 heteroatoms. The van der Waals surface area contributed by atoms with Gasteiger partial charge in [-0.3, -0.25) is 0 Å². The summed E-state index contributed by atoms with van der Waals surface area (Å²) in [4.78, 5) is 8.95. The number of aromatic nitrogens is 2. The lowest BCUT2D eigenvalue weighted by Gasteiger charge is -2.08. The fourth-order valence-electron chi connectivity index (χ4n) is 2.23. The third-order valence-corrected chi connectivity index (χ3v) is 3.57. The first-order chi connectivity index (χ1) is 9.13. The number of rotatable bonds is 3. The Kier molecular flexibility index (Phi) is 2.97. The molecule has 0 radical (unpaired) electrons. The highest BCUT2D eigenvalue weighted by Crippen LogP contribution is 2.40. The van der Waals surface area contributed by atoms with Crippen molar-refractivity contribution >= 4 is 5.82 Å². The zero-order valence-corrected chi connectivity index (χ0v) is 11.4.